The topological polar surface area (TPSA) is 64.2 Å². The Kier molecular flexibility index (Phi) is 6.80. The van der Waals surface area contributed by atoms with Gasteiger partial charge in [0.1, 0.15) is 0 Å². The van der Waals surface area contributed by atoms with Crippen molar-refractivity contribution in [1.29, 1.82) is 5.26 Å². The van der Waals surface area contributed by atoms with Crippen LogP contribution in [0, 0.1) is 11.3 Å². The third kappa shape index (κ3) is 9.21. The molecule has 4 heteroatoms. The molecular weight excluding hydrogens is 141 g/mol. The van der Waals surface area contributed by atoms with Crippen LogP contribution in [0.15, 0.2) is 12.1 Å². The number of hydrogen-bond donors (Lipinski definition) is 2. The summed E-state index contributed by atoms with van der Waals surface area (Å²) < 4.78 is 0. The maximum Gasteiger partial charge on any atom is 0.480 e. The minimum atomic E-state index is -1.34. The molecule has 0 saturated carbocycles. The van der Waals surface area contributed by atoms with Crippen LogP contribution in [0.3, 0.4) is 0 Å². The molecule has 0 rings (SSSR count). The van der Waals surface area contributed by atoms with Gasteiger partial charge < -0.3 is 10.0 Å². The molecular formula is C7H12BNO2. The fourth-order valence-electron chi connectivity index (χ4n) is 0.684. The monoisotopic (exact) mass is 153 g/mol. The molecule has 0 aromatic rings. The molecule has 0 fully saturated rings. The highest BCUT2D eigenvalue weighted by molar-refractivity contribution is 6.47. The van der Waals surface area contributed by atoms with Crippen molar-refractivity contribution < 1.29 is 10.0 Å². The van der Waals surface area contributed by atoms with Gasteiger partial charge in [-0.1, -0.05) is 12.1 Å². The predicted octanol–water partition coefficient (Wildman–Crippen LogP) is 0.639. The van der Waals surface area contributed by atoms with Crippen LogP contribution >= 0.6 is 0 Å². The summed E-state index contributed by atoms with van der Waals surface area (Å²) in [4.78, 5) is 0. The highest BCUT2D eigenvalue weighted by atomic mass is 16.4. The van der Waals surface area contributed by atoms with Gasteiger partial charge in [0, 0.05) is 6.42 Å². The Hall–Kier alpha value is -0.785. The van der Waals surface area contributed by atoms with Crippen molar-refractivity contribution in [2.75, 3.05) is 0 Å². The Labute approximate surface area is 67.1 Å². The molecule has 0 saturated heterocycles. The summed E-state index contributed by atoms with van der Waals surface area (Å²) in [5.41, 5.74) is 0. The molecule has 0 radical (unpaired) electrons. The molecule has 11 heavy (non-hydrogen) atoms. The smallest absolute Gasteiger partial charge is 0.424 e. The maximum absolute atomic E-state index is 8.37. The van der Waals surface area contributed by atoms with E-state index in [4.69, 9.17) is 15.3 Å². The Bertz CT molecular complexity index is 151. The van der Waals surface area contributed by atoms with E-state index in [2.05, 4.69) is 0 Å². The van der Waals surface area contributed by atoms with Crippen molar-refractivity contribution in [3.05, 3.63) is 12.1 Å². The lowest BCUT2D eigenvalue weighted by Gasteiger charge is -1.90. The maximum atomic E-state index is 8.37. The van der Waals surface area contributed by atoms with E-state index in [0.717, 1.165) is 19.3 Å². The first-order valence-corrected chi connectivity index (χ1v) is 3.67. The van der Waals surface area contributed by atoms with Crippen LogP contribution in [0.25, 0.3) is 0 Å². The highest BCUT2D eigenvalue weighted by Gasteiger charge is 1.96. The van der Waals surface area contributed by atoms with Crippen LogP contribution in [0.5, 0.6) is 0 Å². The molecule has 0 amide bonds. The van der Waals surface area contributed by atoms with Gasteiger partial charge in [0.25, 0.3) is 0 Å². The first kappa shape index (κ1) is 10.2. The second kappa shape index (κ2) is 7.32. The van der Waals surface area contributed by atoms with E-state index in [-0.39, 0.29) is 0 Å². The summed E-state index contributed by atoms with van der Waals surface area (Å²) >= 11 is 0. The summed E-state index contributed by atoms with van der Waals surface area (Å²) in [6, 6.07) is 2.04. The van der Waals surface area contributed by atoms with E-state index in [9.17, 15) is 0 Å². The van der Waals surface area contributed by atoms with Crippen molar-refractivity contribution in [2.24, 2.45) is 0 Å². The lowest BCUT2D eigenvalue weighted by Crippen LogP contribution is -2.05. The molecule has 0 unspecified atom stereocenters. The van der Waals surface area contributed by atoms with Crippen molar-refractivity contribution >= 4 is 7.12 Å². The van der Waals surface area contributed by atoms with E-state index >= 15 is 0 Å². The van der Waals surface area contributed by atoms with Crippen LogP contribution in [0.1, 0.15) is 25.7 Å². The highest BCUT2D eigenvalue weighted by Crippen LogP contribution is 1.99. The van der Waals surface area contributed by atoms with Gasteiger partial charge in [-0.25, -0.2) is 0 Å². The molecule has 0 aromatic carbocycles. The number of allylic oxidation sites excluding steroid dienone is 1. The molecule has 2 N–H and O–H groups in total. The van der Waals surface area contributed by atoms with Crippen molar-refractivity contribution in [3.8, 4) is 6.07 Å². The SMILES string of the molecule is N#CCCCCC=CB(O)O. The fraction of sp³-hybridized carbons (Fsp3) is 0.571. The second-order valence-electron chi connectivity index (χ2n) is 2.25. The minimum Gasteiger partial charge on any atom is -0.424 e. The van der Waals surface area contributed by atoms with Gasteiger partial charge in [0.2, 0.25) is 0 Å². The molecule has 0 bridgehead atoms. The molecule has 0 atom stereocenters. The van der Waals surface area contributed by atoms with E-state index in [1.54, 1.807) is 6.08 Å². The van der Waals surface area contributed by atoms with Crippen LogP contribution in [0.4, 0.5) is 0 Å². The molecule has 3 nitrogen and oxygen atoms in total. The van der Waals surface area contributed by atoms with Crippen LogP contribution in [-0.4, -0.2) is 17.2 Å². The summed E-state index contributed by atoms with van der Waals surface area (Å²) in [7, 11) is -1.34. The summed E-state index contributed by atoms with van der Waals surface area (Å²) in [6.45, 7) is 0. The van der Waals surface area contributed by atoms with E-state index in [1.165, 1.54) is 5.98 Å². The Balaban J connectivity index is 3.09. The molecule has 0 aliphatic heterocycles. The van der Waals surface area contributed by atoms with E-state index in [1.807, 2.05) is 6.07 Å². The summed E-state index contributed by atoms with van der Waals surface area (Å²) in [5, 5.41) is 24.9. The van der Waals surface area contributed by atoms with Gasteiger partial charge in [0.05, 0.1) is 6.07 Å². The third-order valence-electron chi connectivity index (χ3n) is 1.22. The normalized spacial score (nSPS) is 9.91. The van der Waals surface area contributed by atoms with Gasteiger partial charge in [-0.05, 0) is 19.3 Å². The number of unbranched alkanes of at least 4 members (excludes halogenated alkanes) is 3. The quantitative estimate of drug-likeness (QED) is 0.449. The largest absolute Gasteiger partial charge is 0.480 e. The first-order valence-electron chi connectivity index (χ1n) is 3.67. The van der Waals surface area contributed by atoms with E-state index < -0.39 is 7.12 Å². The van der Waals surface area contributed by atoms with Crippen molar-refractivity contribution in [3.63, 3.8) is 0 Å². The standard InChI is InChI=1S/C7H12BNO2/c9-7-5-3-1-2-4-6-8(10)11/h4,6,10-11H,1-3,5H2. The Morgan fingerprint density at radius 3 is 2.64 bits per heavy atom. The van der Waals surface area contributed by atoms with Gasteiger partial charge >= 0.3 is 7.12 Å². The number of nitriles is 1. The van der Waals surface area contributed by atoms with E-state index in [0.29, 0.717) is 6.42 Å². The van der Waals surface area contributed by atoms with Gasteiger partial charge in [-0.2, -0.15) is 5.26 Å². The van der Waals surface area contributed by atoms with Gasteiger partial charge in [-0.3, -0.25) is 0 Å². The number of hydrogen-bond acceptors (Lipinski definition) is 3. The lowest BCUT2D eigenvalue weighted by atomic mass is 9.91. The zero-order valence-corrected chi connectivity index (χ0v) is 6.40. The molecule has 0 heterocycles. The molecule has 0 aliphatic carbocycles. The zero-order chi connectivity index (χ0) is 8.53. The molecule has 0 aliphatic rings. The number of rotatable bonds is 5. The lowest BCUT2D eigenvalue weighted by molar-refractivity contribution is 0.424. The minimum absolute atomic E-state index is 0.579. The molecule has 0 spiro atoms. The van der Waals surface area contributed by atoms with Crippen molar-refractivity contribution in [1.82, 2.24) is 0 Å². The second-order valence-corrected chi connectivity index (χ2v) is 2.25. The van der Waals surface area contributed by atoms with Crippen LogP contribution in [0.2, 0.25) is 0 Å². The fourth-order valence-corrected chi connectivity index (χ4v) is 0.684. The summed E-state index contributed by atoms with van der Waals surface area (Å²) in [5.74, 6) is 1.33. The predicted molar refractivity (Wildman–Crippen MR) is 43.4 cm³/mol. The third-order valence-corrected chi connectivity index (χ3v) is 1.22. The summed E-state index contributed by atoms with van der Waals surface area (Å²) in [6.07, 6.45) is 4.90. The first-order chi connectivity index (χ1) is 5.27. The average Bonchev–Trinajstić information content (AvgIpc) is 1.96. The average molecular weight is 153 g/mol. The van der Waals surface area contributed by atoms with Gasteiger partial charge in [0.15, 0.2) is 0 Å². The molecule has 60 valence electrons. The number of nitrogens with zero attached hydrogens (tertiary/aromatic N) is 1. The van der Waals surface area contributed by atoms with Crippen LogP contribution < -0.4 is 0 Å². The molecule has 0 aromatic heterocycles. The Morgan fingerprint density at radius 2 is 2.09 bits per heavy atom. The Morgan fingerprint density at radius 1 is 1.36 bits per heavy atom. The van der Waals surface area contributed by atoms with Crippen LogP contribution in [-0.2, 0) is 0 Å². The zero-order valence-electron chi connectivity index (χ0n) is 6.40. The van der Waals surface area contributed by atoms with Crippen molar-refractivity contribution in [2.45, 2.75) is 25.7 Å². The van der Waals surface area contributed by atoms with Gasteiger partial charge in [-0.15, -0.1) is 0 Å².